The van der Waals surface area contributed by atoms with Crippen molar-refractivity contribution in [1.82, 2.24) is 10.2 Å². The maximum absolute atomic E-state index is 14.2. The molecule has 0 saturated carbocycles. The number of rotatable bonds is 5. The molecule has 1 heterocycles. The summed E-state index contributed by atoms with van der Waals surface area (Å²) in [6.07, 6.45) is 2.80. The van der Waals surface area contributed by atoms with Gasteiger partial charge in [-0.15, -0.1) is 24.8 Å². The lowest BCUT2D eigenvalue weighted by molar-refractivity contribution is 0.156. The van der Waals surface area contributed by atoms with Crippen LogP contribution in [0.4, 0.5) is 8.78 Å². The van der Waals surface area contributed by atoms with Crippen molar-refractivity contribution >= 4 is 40.7 Å². The summed E-state index contributed by atoms with van der Waals surface area (Å²) in [5.74, 6) is -0.895. The quantitative estimate of drug-likeness (QED) is 0.743. The number of hydrogen-bond donors (Lipinski definition) is 1. The van der Waals surface area contributed by atoms with Crippen molar-refractivity contribution in [3.05, 3.63) is 33.8 Å². The first-order chi connectivity index (χ1) is 9.63. The van der Waals surface area contributed by atoms with Gasteiger partial charge in [0.05, 0.1) is 0 Å². The third kappa shape index (κ3) is 5.60. The smallest absolute Gasteiger partial charge is 0.132 e. The third-order valence-electron chi connectivity index (χ3n) is 3.80. The van der Waals surface area contributed by atoms with Crippen LogP contribution in [0.5, 0.6) is 0 Å². The fraction of sp³-hybridized carbons (Fsp3) is 0.600. The van der Waals surface area contributed by atoms with E-state index in [4.69, 9.17) is 0 Å². The van der Waals surface area contributed by atoms with Gasteiger partial charge in [0.1, 0.15) is 11.6 Å². The molecule has 1 aromatic carbocycles. The van der Waals surface area contributed by atoms with Crippen LogP contribution in [0.3, 0.4) is 0 Å². The molecule has 0 aliphatic carbocycles. The first-order valence-electron chi connectivity index (χ1n) is 7.22. The molecule has 1 aliphatic rings. The summed E-state index contributed by atoms with van der Waals surface area (Å²) in [4.78, 5) is 2.20. The summed E-state index contributed by atoms with van der Waals surface area (Å²) in [6, 6.07) is 2.56. The van der Waals surface area contributed by atoms with Crippen LogP contribution in [0.1, 0.15) is 37.8 Å². The minimum absolute atomic E-state index is 0. The summed E-state index contributed by atoms with van der Waals surface area (Å²) >= 11 is 3.14. The zero-order chi connectivity index (χ0) is 14.5. The van der Waals surface area contributed by atoms with Crippen LogP contribution >= 0.6 is 40.7 Å². The Morgan fingerprint density at radius 1 is 1.18 bits per heavy atom. The predicted molar refractivity (Wildman–Crippen MR) is 95.3 cm³/mol. The minimum Gasteiger partial charge on any atom is -0.314 e. The fourth-order valence-electron chi connectivity index (χ4n) is 2.77. The molecular weight excluding hydrogens is 397 g/mol. The normalized spacial score (nSPS) is 16.5. The number of piperazine rings is 1. The van der Waals surface area contributed by atoms with Crippen LogP contribution in [-0.4, -0.2) is 31.1 Å². The summed E-state index contributed by atoms with van der Waals surface area (Å²) < 4.78 is 28.9. The molecule has 0 aromatic heterocycles. The number of benzene rings is 1. The van der Waals surface area contributed by atoms with Crippen molar-refractivity contribution in [2.24, 2.45) is 0 Å². The lowest BCUT2D eigenvalue weighted by Gasteiger charge is -2.35. The van der Waals surface area contributed by atoms with E-state index in [9.17, 15) is 8.78 Å². The average molecular weight is 420 g/mol. The van der Waals surface area contributed by atoms with Gasteiger partial charge in [-0.3, -0.25) is 4.90 Å². The van der Waals surface area contributed by atoms with Crippen LogP contribution in [-0.2, 0) is 0 Å². The number of halogens is 5. The van der Waals surface area contributed by atoms with Crippen molar-refractivity contribution < 1.29 is 8.78 Å². The molecule has 0 radical (unpaired) electrons. The van der Waals surface area contributed by atoms with Crippen LogP contribution in [0.25, 0.3) is 0 Å². The first-order valence-corrected chi connectivity index (χ1v) is 8.02. The van der Waals surface area contributed by atoms with Gasteiger partial charge in [-0.25, -0.2) is 8.78 Å². The van der Waals surface area contributed by atoms with Crippen molar-refractivity contribution in [3.8, 4) is 0 Å². The SMILES string of the molecule is CCCC[C@H](c1c(F)cc(Br)cc1F)N1CCNCC1.Cl.Cl. The van der Waals surface area contributed by atoms with Crippen LogP contribution < -0.4 is 5.32 Å². The minimum atomic E-state index is -0.448. The third-order valence-corrected chi connectivity index (χ3v) is 4.26. The van der Waals surface area contributed by atoms with E-state index >= 15 is 0 Å². The topological polar surface area (TPSA) is 15.3 Å². The van der Waals surface area contributed by atoms with Gasteiger partial charge in [0, 0.05) is 42.3 Å². The van der Waals surface area contributed by atoms with Crippen molar-refractivity contribution in [3.63, 3.8) is 0 Å². The number of unbranched alkanes of at least 4 members (excludes halogenated alkanes) is 1. The number of nitrogens with one attached hydrogen (secondary N) is 1. The van der Waals surface area contributed by atoms with Crippen LogP contribution in [0, 0.1) is 11.6 Å². The molecular formula is C15H23BrCl2F2N2. The standard InChI is InChI=1S/C15H21BrF2N2.2ClH/c1-2-3-4-14(20-7-5-19-6-8-20)15-12(17)9-11(16)10-13(15)18;;/h9-10,14,19H,2-8H2,1H3;2*1H/t14-;;/m1../s1. The second-order valence-corrected chi connectivity index (χ2v) is 6.14. The maximum atomic E-state index is 14.2. The second kappa shape index (κ2) is 10.8. The highest BCUT2D eigenvalue weighted by atomic mass is 79.9. The van der Waals surface area contributed by atoms with E-state index in [0.717, 1.165) is 45.4 Å². The highest BCUT2D eigenvalue weighted by molar-refractivity contribution is 9.10. The Bertz CT molecular complexity index is 434. The molecule has 1 atom stereocenters. The van der Waals surface area contributed by atoms with Gasteiger partial charge in [0.2, 0.25) is 0 Å². The zero-order valence-electron chi connectivity index (χ0n) is 12.6. The molecule has 0 unspecified atom stereocenters. The van der Waals surface area contributed by atoms with E-state index in [2.05, 4.69) is 33.1 Å². The molecule has 2 nitrogen and oxygen atoms in total. The van der Waals surface area contributed by atoms with Gasteiger partial charge in [0.25, 0.3) is 0 Å². The van der Waals surface area contributed by atoms with E-state index in [1.54, 1.807) is 0 Å². The monoisotopic (exact) mass is 418 g/mol. The Balaban J connectivity index is 0.00000220. The Morgan fingerprint density at radius 3 is 2.23 bits per heavy atom. The van der Waals surface area contributed by atoms with E-state index in [1.165, 1.54) is 12.1 Å². The van der Waals surface area contributed by atoms with E-state index in [0.29, 0.717) is 4.47 Å². The Morgan fingerprint density at radius 2 is 1.73 bits per heavy atom. The largest absolute Gasteiger partial charge is 0.314 e. The molecule has 1 aliphatic heterocycles. The summed E-state index contributed by atoms with van der Waals surface area (Å²) in [5.41, 5.74) is 0.226. The molecule has 2 rings (SSSR count). The summed E-state index contributed by atoms with van der Waals surface area (Å²) in [7, 11) is 0. The summed E-state index contributed by atoms with van der Waals surface area (Å²) in [5, 5.41) is 3.28. The average Bonchev–Trinajstić information content (AvgIpc) is 2.42. The van der Waals surface area contributed by atoms with Gasteiger partial charge in [-0.05, 0) is 18.6 Å². The molecule has 0 amide bonds. The molecule has 1 fully saturated rings. The lowest BCUT2D eigenvalue weighted by Crippen LogP contribution is -2.45. The van der Waals surface area contributed by atoms with Gasteiger partial charge in [-0.2, -0.15) is 0 Å². The number of hydrogen-bond acceptors (Lipinski definition) is 2. The maximum Gasteiger partial charge on any atom is 0.132 e. The van der Waals surface area contributed by atoms with Gasteiger partial charge in [0.15, 0.2) is 0 Å². The Labute approximate surface area is 152 Å². The van der Waals surface area contributed by atoms with Gasteiger partial charge < -0.3 is 5.32 Å². The highest BCUT2D eigenvalue weighted by Gasteiger charge is 2.27. The van der Waals surface area contributed by atoms with Crippen LogP contribution in [0.2, 0.25) is 0 Å². The zero-order valence-corrected chi connectivity index (χ0v) is 15.8. The fourth-order valence-corrected chi connectivity index (χ4v) is 3.17. The summed E-state index contributed by atoms with van der Waals surface area (Å²) in [6.45, 7) is 5.53. The van der Waals surface area contributed by atoms with Crippen molar-refractivity contribution in [2.45, 2.75) is 32.2 Å². The van der Waals surface area contributed by atoms with Crippen molar-refractivity contribution in [2.75, 3.05) is 26.2 Å². The highest BCUT2D eigenvalue weighted by Crippen LogP contribution is 2.32. The molecule has 1 aromatic rings. The van der Waals surface area contributed by atoms with Crippen molar-refractivity contribution in [1.29, 1.82) is 0 Å². The second-order valence-electron chi connectivity index (χ2n) is 5.23. The van der Waals surface area contributed by atoms with E-state index < -0.39 is 11.6 Å². The lowest BCUT2D eigenvalue weighted by atomic mass is 9.97. The van der Waals surface area contributed by atoms with E-state index in [1.807, 2.05) is 0 Å². The van der Waals surface area contributed by atoms with Crippen LogP contribution in [0.15, 0.2) is 16.6 Å². The van der Waals surface area contributed by atoms with E-state index in [-0.39, 0.29) is 36.4 Å². The molecule has 128 valence electrons. The molecule has 0 spiro atoms. The molecule has 22 heavy (non-hydrogen) atoms. The molecule has 1 N–H and O–H groups in total. The molecule has 0 bridgehead atoms. The predicted octanol–water partition coefficient (Wildman–Crippen LogP) is 4.71. The Hall–Kier alpha value is 0.0600. The number of nitrogens with zero attached hydrogens (tertiary/aromatic N) is 1. The molecule has 7 heteroatoms. The first kappa shape index (κ1) is 22.1. The molecule has 1 saturated heterocycles. The van der Waals surface area contributed by atoms with Gasteiger partial charge >= 0.3 is 0 Å². The Kier molecular flexibility index (Phi) is 10.8. The van der Waals surface area contributed by atoms with Gasteiger partial charge in [-0.1, -0.05) is 35.7 Å².